The highest BCUT2D eigenvalue weighted by Crippen LogP contribution is 2.13. The maximum Gasteiger partial charge on any atom is 0.0342 e. The van der Waals surface area contributed by atoms with Crippen molar-refractivity contribution in [2.45, 2.75) is 39.2 Å². The van der Waals surface area contributed by atoms with Crippen LogP contribution in [0.15, 0.2) is 30.3 Å². The Morgan fingerprint density at radius 2 is 2.00 bits per heavy atom. The quantitative estimate of drug-likeness (QED) is 0.717. The summed E-state index contributed by atoms with van der Waals surface area (Å²) < 4.78 is 0. The highest BCUT2D eigenvalue weighted by Gasteiger charge is 2.05. The van der Waals surface area contributed by atoms with Crippen LogP contribution in [0.3, 0.4) is 0 Å². The molecule has 1 aromatic carbocycles. The summed E-state index contributed by atoms with van der Waals surface area (Å²) in [7, 11) is 0. The molecule has 1 radical (unpaired) electrons. The molecule has 77 valence electrons. The fourth-order valence-corrected chi connectivity index (χ4v) is 1.65. The normalized spacial score (nSPS) is 10.5. The Kier molecular flexibility index (Phi) is 5.13. The van der Waals surface area contributed by atoms with Gasteiger partial charge in [0.2, 0.25) is 0 Å². The highest BCUT2D eigenvalue weighted by molar-refractivity contribution is 5.43. The van der Waals surface area contributed by atoms with Crippen LogP contribution >= 0.6 is 0 Å². The number of benzene rings is 1. The lowest BCUT2D eigenvalue weighted by Crippen LogP contribution is -2.18. The van der Waals surface area contributed by atoms with E-state index in [9.17, 15) is 0 Å². The van der Waals surface area contributed by atoms with E-state index in [4.69, 9.17) is 0 Å². The van der Waals surface area contributed by atoms with Crippen molar-refractivity contribution in [1.82, 2.24) is 0 Å². The average molecular weight is 190 g/mol. The summed E-state index contributed by atoms with van der Waals surface area (Å²) >= 11 is 0. The number of hydrogen-bond donors (Lipinski definition) is 1. The summed E-state index contributed by atoms with van der Waals surface area (Å²) in [6, 6.07) is 11.0. The van der Waals surface area contributed by atoms with Crippen molar-refractivity contribution in [1.29, 1.82) is 0 Å². The molecule has 0 heterocycles. The molecule has 0 aliphatic heterocycles. The molecule has 0 bridgehead atoms. The average Bonchev–Trinajstić information content (AvgIpc) is 2.20. The molecule has 1 atom stereocenters. The number of anilines is 1. The van der Waals surface area contributed by atoms with Crippen LogP contribution < -0.4 is 5.32 Å². The third kappa shape index (κ3) is 3.82. The molecule has 0 aromatic heterocycles. The van der Waals surface area contributed by atoms with Crippen molar-refractivity contribution in [2.75, 3.05) is 5.32 Å². The Morgan fingerprint density at radius 1 is 1.29 bits per heavy atom. The Hall–Kier alpha value is -0.980. The van der Waals surface area contributed by atoms with Gasteiger partial charge < -0.3 is 5.32 Å². The maximum atomic E-state index is 3.55. The molecule has 0 amide bonds. The first-order valence-corrected chi connectivity index (χ1v) is 5.46. The lowest BCUT2D eigenvalue weighted by Gasteiger charge is -2.18. The minimum atomic E-state index is 0.590. The van der Waals surface area contributed by atoms with Crippen LogP contribution in [-0.2, 0) is 0 Å². The minimum Gasteiger partial charge on any atom is -0.382 e. The number of nitrogens with one attached hydrogen (secondary N) is 1. The molecule has 1 rings (SSSR count). The number of hydrogen-bond acceptors (Lipinski definition) is 1. The fraction of sp³-hybridized carbons (Fsp3) is 0.462. The third-order valence-corrected chi connectivity index (χ3v) is 2.30. The van der Waals surface area contributed by atoms with Gasteiger partial charge in [-0.25, -0.2) is 0 Å². The molecule has 1 N–H and O–H groups in total. The van der Waals surface area contributed by atoms with Crippen LogP contribution in [0.2, 0.25) is 0 Å². The Balaban J connectivity index is 2.46. The summed E-state index contributed by atoms with van der Waals surface area (Å²) in [6.07, 6.45) is 5.84. The van der Waals surface area contributed by atoms with Gasteiger partial charge in [-0.1, -0.05) is 38.5 Å². The summed E-state index contributed by atoms with van der Waals surface area (Å²) in [4.78, 5) is 0. The van der Waals surface area contributed by atoms with Gasteiger partial charge in [-0.05, 0) is 31.4 Å². The van der Waals surface area contributed by atoms with E-state index in [0.29, 0.717) is 6.04 Å². The van der Waals surface area contributed by atoms with Crippen molar-refractivity contribution in [3.8, 4) is 0 Å². The third-order valence-electron chi connectivity index (χ3n) is 2.30. The second-order valence-electron chi connectivity index (χ2n) is 3.64. The molecule has 1 nitrogen and oxygen atoms in total. The molecule has 0 spiro atoms. The summed E-state index contributed by atoms with van der Waals surface area (Å²) in [5, 5.41) is 3.55. The van der Waals surface area contributed by atoms with Gasteiger partial charge in [0.05, 0.1) is 0 Å². The largest absolute Gasteiger partial charge is 0.382 e. The van der Waals surface area contributed by atoms with Gasteiger partial charge in [0.1, 0.15) is 0 Å². The monoisotopic (exact) mass is 190 g/mol. The first kappa shape index (κ1) is 11.1. The van der Waals surface area contributed by atoms with Crippen molar-refractivity contribution >= 4 is 5.69 Å². The standard InChI is InChI=1S/C13H20N/c1-3-8-12(9-4-2)14-13-10-6-5-7-11-13/h3,5-7,10-12,14H,4,8-9H2,1-2H3. The van der Waals surface area contributed by atoms with Gasteiger partial charge in [-0.15, -0.1) is 0 Å². The van der Waals surface area contributed by atoms with Gasteiger partial charge >= 0.3 is 0 Å². The van der Waals surface area contributed by atoms with Crippen LogP contribution in [-0.4, -0.2) is 6.04 Å². The maximum absolute atomic E-state index is 3.55. The second-order valence-corrected chi connectivity index (χ2v) is 3.64. The van der Waals surface area contributed by atoms with Crippen LogP contribution in [0.4, 0.5) is 5.69 Å². The van der Waals surface area contributed by atoms with E-state index in [0.717, 1.165) is 6.42 Å². The molecule has 14 heavy (non-hydrogen) atoms. The zero-order chi connectivity index (χ0) is 10.2. The van der Waals surface area contributed by atoms with E-state index in [2.05, 4.69) is 49.9 Å². The predicted molar refractivity (Wildman–Crippen MR) is 63.4 cm³/mol. The van der Waals surface area contributed by atoms with Gasteiger partial charge in [-0.3, -0.25) is 0 Å². The first-order chi connectivity index (χ1) is 6.86. The van der Waals surface area contributed by atoms with Crippen LogP contribution in [0, 0.1) is 6.42 Å². The summed E-state index contributed by atoms with van der Waals surface area (Å²) in [6.45, 7) is 4.35. The molecule has 1 heteroatoms. The van der Waals surface area contributed by atoms with E-state index in [1.54, 1.807) is 0 Å². The number of para-hydroxylation sites is 1. The Morgan fingerprint density at radius 3 is 2.57 bits per heavy atom. The molecule has 0 aliphatic carbocycles. The molecular formula is C13H20N. The lowest BCUT2D eigenvalue weighted by atomic mass is 10.1. The van der Waals surface area contributed by atoms with E-state index in [-0.39, 0.29) is 0 Å². The van der Waals surface area contributed by atoms with Crippen LogP contribution in [0.25, 0.3) is 0 Å². The fourth-order valence-electron chi connectivity index (χ4n) is 1.65. The smallest absolute Gasteiger partial charge is 0.0342 e. The van der Waals surface area contributed by atoms with Gasteiger partial charge in [0, 0.05) is 11.7 Å². The van der Waals surface area contributed by atoms with E-state index in [1.807, 2.05) is 6.07 Å². The van der Waals surface area contributed by atoms with Crippen molar-refractivity contribution in [3.63, 3.8) is 0 Å². The molecule has 0 saturated heterocycles. The molecular weight excluding hydrogens is 170 g/mol. The van der Waals surface area contributed by atoms with Crippen molar-refractivity contribution in [3.05, 3.63) is 36.8 Å². The zero-order valence-corrected chi connectivity index (χ0v) is 9.16. The molecule has 1 unspecified atom stereocenters. The van der Waals surface area contributed by atoms with E-state index >= 15 is 0 Å². The molecule has 1 aromatic rings. The first-order valence-electron chi connectivity index (χ1n) is 5.46. The molecule has 0 saturated carbocycles. The predicted octanol–water partition coefficient (Wildman–Crippen LogP) is 3.88. The molecule has 0 fully saturated rings. The van der Waals surface area contributed by atoms with Gasteiger partial charge in [0.25, 0.3) is 0 Å². The van der Waals surface area contributed by atoms with E-state index in [1.165, 1.54) is 18.5 Å². The SMILES string of the molecule is C[CH]CC(CCC)Nc1ccccc1. The van der Waals surface area contributed by atoms with Crippen LogP contribution in [0.5, 0.6) is 0 Å². The highest BCUT2D eigenvalue weighted by atomic mass is 14.9. The second kappa shape index (κ2) is 6.47. The number of rotatable bonds is 6. The minimum absolute atomic E-state index is 0.590. The Labute approximate surface area is 87.5 Å². The summed E-state index contributed by atoms with van der Waals surface area (Å²) in [5.41, 5.74) is 1.23. The van der Waals surface area contributed by atoms with E-state index < -0.39 is 0 Å². The van der Waals surface area contributed by atoms with Gasteiger partial charge in [-0.2, -0.15) is 0 Å². The Bertz CT molecular complexity index is 224. The van der Waals surface area contributed by atoms with Gasteiger partial charge in [0.15, 0.2) is 0 Å². The molecule has 0 aliphatic rings. The zero-order valence-electron chi connectivity index (χ0n) is 9.16. The summed E-state index contributed by atoms with van der Waals surface area (Å²) in [5.74, 6) is 0. The van der Waals surface area contributed by atoms with Crippen molar-refractivity contribution < 1.29 is 0 Å². The lowest BCUT2D eigenvalue weighted by molar-refractivity contribution is 0.631. The van der Waals surface area contributed by atoms with Crippen molar-refractivity contribution in [2.24, 2.45) is 0 Å². The topological polar surface area (TPSA) is 12.0 Å². The van der Waals surface area contributed by atoms with Crippen LogP contribution in [0.1, 0.15) is 33.1 Å².